The van der Waals surface area contributed by atoms with Gasteiger partial charge in [-0.3, -0.25) is 0 Å². The molecule has 1 heterocycles. The van der Waals surface area contributed by atoms with E-state index in [4.69, 9.17) is 4.74 Å². The van der Waals surface area contributed by atoms with Crippen LogP contribution in [0.3, 0.4) is 0 Å². The van der Waals surface area contributed by atoms with Crippen molar-refractivity contribution >= 4 is 15.9 Å². The summed E-state index contributed by atoms with van der Waals surface area (Å²) in [5.41, 5.74) is 2.18. The van der Waals surface area contributed by atoms with E-state index in [1.807, 2.05) is 37.3 Å². The van der Waals surface area contributed by atoms with Crippen LogP contribution >= 0.6 is 15.9 Å². The average Bonchev–Trinajstić information content (AvgIpc) is 2.41. The van der Waals surface area contributed by atoms with Crippen LogP contribution in [0.15, 0.2) is 41.0 Å². The van der Waals surface area contributed by atoms with E-state index >= 15 is 0 Å². The standard InChI is InChI=1S/C17H21BrN2O/c1-12-7-8-14(18)10-15(12)21-16-13(6-5-9-19-16)11-20-17(2,3)4/h5-10,20H,11H2,1-4H3. The van der Waals surface area contributed by atoms with Crippen molar-refractivity contribution in [3.05, 3.63) is 52.1 Å². The van der Waals surface area contributed by atoms with Gasteiger partial charge in [-0.25, -0.2) is 4.98 Å². The number of ether oxygens (including phenoxy) is 1. The highest BCUT2D eigenvalue weighted by molar-refractivity contribution is 9.10. The fourth-order valence-electron chi connectivity index (χ4n) is 1.80. The van der Waals surface area contributed by atoms with E-state index in [9.17, 15) is 0 Å². The lowest BCUT2D eigenvalue weighted by Gasteiger charge is -2.21. The predicted molar refractivity (Wildman–Crippen MR) is 89.8 cm³/mol. The van der Waals surface area contributed by atoms with Crippen LogP contribution in [0.25, 0.3) is 0 Å². The molecule has 0 amide bonds. The van der Waals surface area contributed by atoms with E-state index in [1.54, 1.807) is 6.20 Å². The molecule has 0 fully saturated rings. The van der Waals surface area contributed by atoms with Crippen LogP contribution in [0.1, 0.15) is 31.9 Å². The predicted octanol–water partition coefficient (Wildman–Crippen LogP) is 4.83. The molecule has 0 unspecified atom stereocenters. The molecule has 1 N–H and O–H groups in total. The third kappa shape index (κ3) is 4.83. The first-order valence-electron chi connectivity index (χ1n) is 6.98. The van der Waals surface area contributed by atoms with Gasteiger partial charge in [0.05, 0.1) is 0 Å². The van der Waals surface area contributed by atoms with Gasteiger partial charge in [0.2, 0.25) is 5.88 Å². The molecule has 0 bridgehead atoms. The van der Waals surface area contributed by atoms with E-state index in [2.05, 4.69) is 47.0 Å². The second kappa shape index (κ2) is 6.58. The molecular weight excluding hydrogens is 328 g/mol. The molecule has 3 nitrogen and oxygen atoms in total. The maximum atomic E-state index is 6.01. The van der Waals surface area contributed by atoms with Crippen LogP contribution in [-0.4, -0.2) is 10.5 Å². The van der Waals surface area contributed by atoms with Crippen molar-refractivity contribution in [2.75, 3.05) is 0 Å². The molecule has 0 radical (unpaired) electrons. The van der Waals surface area contributed by atoms with Crippen molar-refractivity contribution in [1.29, 1.82) is 0 Å². The highest BCUT2D eigenvalue weighted by Crippen LogP contribution is 2.29. The first-order valence-corrected chi connectivity index (χ1v) is 7.77. The smallest absolute Gasteiger partial charge is 0.223 e. The zero-order valence-electron chi connectivity index (χ0n) is 12.9. The van der Waals surface area contributed by atoms with Gasteiger partial charge < -0.3 is 10.1 Å². The number of aromatic nitrogens is 1. The molecule has 1 aromatic carbocycles. The van der Waals surface area contributed by atoms with Crippen LogP contribution in [0.2, 0.25) is 0 Å². The summed E-state index contributed by atoms with van der Waals surface area (Å²) in [6.45, 7) is 9.17. The van der Waals surface area contributed by atoms with Crippen molar-refractivity contribution < 1.29 is 4.74 Å². The molecule has 0 saturated carbocycles. The number of pyridine rings is 1. The third-order valence-corrected chi connectivity index (χ3v) is 3.51. The highest BCUT2D eigenvalue weighted by atomic mass is 79.9. The fraction of sp³-hybridized carbons (Fsp3) is 0.353. The fourth-order valence-corrected chi connectivity index (χ4v) is 2.14. The Hall–Kier alpha value is -1.39. The Morgan fingerprint density at radius 2 is 2.00 bits per heavy atom. The Bertz CT molecular complexity index is 620. The van der Waals surface area contributed by atoms with Crippen molar-refractivity contribution in [2.45, 2.75) is 39.8 Å². The second-order valence-electron chi connectivity index (χ2n) is 6.08. The first kappa shape index (κ1) is 16.0. The number of hydrogen-bond acceptors (Lipinski definition) is 3. The van der Waals surface area contributed by atoms with Gasteiger partial charge in [0.15, 0.2) is 0 Å². The van der Waals surface area contributed by atoms with Crippen LogP contribution in [-0.2, 0) is 6.54 Å². The molecule has 112 valence electrons. The molecule has 2 rings (SSSR count). The Morgan fingerprint density at radius 3 is 2.71 bits per heavy atom. The maximum absolute atomic E-state index is 6.01. The minimum Gasteiger partial charge on any atom is -0.438 e. The summed E-state index contributed by atoms with van der Waals surface area (Å²) in [7, 11) is 0. The van der Waals surface area contributed by atoms with Crippen LogP contribution in [0, 0.1) is 6.92 Å². The number of hydrogen-bond donors (Lipinski definition) is 1. The SMILES string of the molecule is Cc1ccc(Br)cc1Oc1ncccc1CNC(C)(C)C. The molecule has 21 heavy (non-hydrogen) atoms. The number of halogens is 1. The maximum Gasteiger partial charge on any atom is 0.223 e. The minimum atomic E-state index is 0.0544. The Morgan fingerprint density at radius 1 is 1.24 bits per heavy atom. The van der Waals surface area contributed by atoms with Gasteiger partial charge in [-0.15, -0.1) is 0 Å². The number of rotatable bonds is 4. The zero-order valence-corrected chi connectivity index (χ0v) is 14.5. The van der Waals surface area contributed by atoms with Crippen molar-refractivity contribution in [1.82, 2.24) is 10.3 Å². The van der Waals surface area contributed by atoms with Crippen LogP contribution in [0.5, 0.6) is 11.6 Å². The number of nitrogens with one attached hydrogen (secondary N) is 1. The largest absolute Gasteiger partial charge is 0.438 e. The lowest BCUT2D eigenvalue weighted by Crippen LogP contribution is -2.35. The Balaban J connectivity index is 2.22. The highest BCUT2D eigenvalue weighted by Gasteiger charge is 2.12. The number of benzene rings is 1. The molecule has 0 saturated heterocycles. The summed E-state index contributed by atoms with van der Waals surface area (Å²) in [5, 5.41) is 3.46. The van der Waals surface area contributed by atoms with Gasteiger partial charge in [0.1, 0.15) is 5.75 Å². The summed E-state index contributed by atoms with van der Waals surface area (Å²) >= 11 is 3.47. The van der Waals surface area contributed by atoms with Gasteiger partial charge >= 0.3 is 0 Å². The van der Waals surface area contributed by atoms with Crippen molar-refractivity contribution in [3.63, 3.8) is 0 Å². The molecule has 4 heteroatoms. The average molecular weight is 349 g/mol. The van der Waals surface area contributed by atoms with Crippen molar-refractivity contribution in [2.24, 2.45) is 0 Å². The van der Waals surface area contributed by atoms with Crippen molar-refractivity contribution in [3.8, 4) is 11.6 Å². The quantitative estimate of drug-likeness (QED) is 0.858. The summed E-state index contributed by atoms with van der Waals surface area (Å²) in [6.07, 6.45) is 1.75. The normalized spacial score (nSPS) is 11.5. The minimum absolute atomic E-state index is 0.0544. The van der Waals surface area contributed by atoms with Gasteiger partial charge in [-0.2, -0.15) is 0 Å². The molecule has 0 aliphatic heterocycles. The molecule has 0 aliphatic rings. The Labute approximate surface area is 134 Å². The van der Waals surface area contributed by atoms with E-state index in [0.717, 1.165) is 27.9 Å². The number of nitrogens with zero attached hydrogens (tertiary/aromatic N) is 1. The van der Waals surface area contributed by atoms with E-state index in [-0.39, 0.29) is 5.54 Å². The van der Waals surface area contributed by atoms with Gasteiger partial charge in [0.25, 0.3) is 0 Å². The van der Waals surface area contributed by atoms with Gasteiger partial charge in [-0.05, 0) is 51.5 Å². The summed E-state index contributed by atoms with van der Waals surface area (Å²) in [5.74, 6) is 1.47. The summed E-state index contributed by atoms with van der Waals surface area (Å²) in [4.78, 5) is 4.37. The molecule has 1 aromatic heterocycles. The molecule has 0 atom stereocenters. The lowest BCUT2D eigenvalue weighted by molar-refractivity contribution is 0.408. The van der Waals surface area contributed by atoms with Gasteiger partial charge in [0, 0.05) is 28.3 Å². The molecular formula is C17H21BrN2O. The monoisotopic (exact) mass is 348 g/mol. The molecule has 0 spiro atoms. The number of aryl methyl sites for hydroxylation is 1. The molecule has 2 aromatic rings. The topological polar surface area (TPSA) is 34.1 Å². The Kier molecular flexibility index (Phi) is 5.01. The molecule has 0 aliphatic carbocycles. The lowest BCUT2D eigenvalue weighted by atomic mass is 10.1. The van der Waals surface area contributed by atoms with E-state index in [1.165, 1.54) is 0 Å². The zero-order chi connectivity index (χ0) is 15.5. The summed E-state index contributed by atoms with van der Waals surface area (Å²) < 4.78 is 7.00. The van der Waals surface area contributed by atoms with E-state index in [0.29, 0.717) is 5.88 Å². The van der Waals surface area contributed by atoms with Crippen LogP contribution < -0.4 is 10.1 Å². The van der Waals surface area contributed by atoms with E-state index < -0.39 is 0 Å². The van der Waals surface area contributed by atoms with Gasteiger partial charge in [-0.1, -0.05) is 28.1 Å². The first-order chi connectivity index (χ1) is 9.85. The second-order valence-corrected chi connectivity index (χ2v) is 7.00. The third-order valence-electron chi connectivity index (χ3n) is 3.02. The summed E-state index contributed by atoms with van der Waals surface area (Å²) in [6, 6.07) is 9.96. The van der Waals surface area contributed by atoms with Crippen LogP contribution in [0.4, 0.5) is 0 Å².